The van der Waals surface area contributed by atoms with Gasteiger partial charge in [-0.15, -0.1) is 11.3 Å². The number of carbonyl (C=O) groups excluding carboxylic acids is 1. The monoisotopic (exact) mass is 458 g/mol. The molecule has 4 rings (SSSR count). The number of benzene rings is 2. The molecule has 0 aliphatic rings. The molecule has 0 bridgehead atoms. The van der Waals surface area contributed by atoms with Gasteiger partial charge in [0.1, 0.15) is 17.5 Å². The van der Waals surface area contributed by atoms with Crippen LogP contribution in [0.3, 0.4) is 0 Å². The molecule has 0 spiro atoms. The molecule has 1 unspecified atom stereocenters. The van der Waals surface area contributed by atoms with Crippen molar-refractivity contribution in [1.29, 1.82) is 0 Å². The van der Waals surface area contributed by atoms with Crippen LogP contribution >= 0.6 is 34.5 Å². The summed E-state index contributed by atoms with van der Waals surface area (Å²) in [6, 6.07) is 13.5. The van der Waals surface area contributed by atoms with E-state index >= 15 is 0 Å². The lowest BCUT2D eigenvalue weighted by Gasteiger charge is -2.14. The standard InChI is InChI=1S/C22H16Cl2N2O3S/c1-13(22(28)29-10-15-4-2-3-5-18(15)24)26-12-25-20-19(21(26)27)17(11-30-20)14-6-8-16(23)9-7-14/h2-9,11-13H,10H2,1H3. The lowest BCUT2D eigenvalue weighted by molar-refractivity contribution is -0.148. The topological polar surface area (TPSA) is 61.2 Å². The first kappa shape index (κ1) is 20.6. The van der Waals surface area contributed by atoms with Gasteiger partial charge in [-0.25, -0.2) is 9.78 Å². The second-order valence-corrected chi connectivity index (χ2v) is 8.37. The Kier molecular flexibility index (Phi) is 5.90. The third kappa shape index (κ3) is 3.99. The van der Waals surface area contributed by atoms with Gasteiger partial charge in [-0.3, -0.25) is 9.36 Å². The maximum absolute atomic E-state index is 13.2. The predicted octanol–water partition coefficient (Wildman–Crippen LogP) is 5.74. The summed E-state index contributed by atoms with van der Waals surface area (Å²) in [6.45, 7) is 1.64. The van der Waals surface area contributed by atoms with E-state index in [1.54, 1.807) is 37.3 Å². The number of thiophene rings is 1. The molecule has 0 amide bonds. The Balaban J connectivity index is 1.63. The SMILES string of the molecule is CC(C(=O)OCc1ccccc1Cl)n1cnc2scc(-c3ccc(Cl)cc3)c2c1=O. The van der Waals surface area contributed by atoms with Gasteiger partial charge in [0.2, 0.25) is 0 Å². The highest BCUT2D eigenvalue weighted by Gasteiger charge is 2.21. The Hall–Kier alpha value is -2.67. The Morgan fingerprint density at radius 2 is 1.90 bits per heavy atom. The fraction of sp³-hybridized carbons (Fsp3) is 0.136. The zero-order valence-electron chi connectivity index (χ0n) is 15.8. The molecular formula is C22H16Cl2N2O3S. The maximum atomic E-state index is 13.2. The molecule has 0 saturated carbocycles. The van der Waals surface area contributed by atoms with Crippen molar-refractivity contribution in [1.82, 2.24) is 9.55 Å². The molecule has 2 aromatic heterocycles. The van der Waals surface area contributed by atoms with Crippen molar-refractivity contribution < 1.29 is 9.53 Å². The van der Waals surface area contributed by atoms with Crippen molar-refractivity contribution in [3.05, 3.63) is 86.2 Å². The first-order valence-electron chi connectivity index (χ1n) is 9.10. The maximum Gasteiger partial charge on any atom is 0.329 e. The third-order valence-electron chi connectivity index (χ3n) is 4.76. The smallest absolute Gasteiger partial charge is 0.329 e. The van der Waals surface area contributed by atoms with Gasteiger partial charge in [0.25, 0.3) is 5.56 Å². The van der Waals surface area contributed by atoms with Gasteiger partial charge >= 0.3 is 5.97 Å². The molecule has 30 heavy (non-hydrogen) atoms. The van der Waals surface area contributed by atoms with Crippen molar-refractivity contribution in [2.24, 2.45) is 0 Å². The van der Waals surface area contributed by atoms with Crippen molar-refractivity contribution >= 4 is 50.7 Å². The van der Waals surface area contributed by atoms with Crippen LogP contribution in [-0.4, -0.2) is 15.5 Å². The van der Waals surface area contributed by atoms with Crippen molar-refractivity contribution in [2.45, 2.75) is 19.6 Å². The van der Waals surface area contributed by atoms with Crippen LogP contribution < -0.4 is 5.56 Å². The molecule has 0 saturated heterocycles. The number of halogens is 2. The van der Waals surface area contributed by atoms with Crippen molar-refractivity contribution in [3.8, 4) is 11.1 Å². The van der Waals surface area contributed by atoms with E-state index in [0.717, 1.165) is 11.1 Å². The molecule has 0 fully saturated rings. The number of hydrogen-bond acceptors (Lipinski definition) is 5. The lowest BCUT2D eigenvalue weighted by Crippen LogP contribution is -2.29. The molecule has 2 aromatic carbocycles. The number of hydrogen-bond donors (Lipinski definition) is 0. The van der Waals surface area contributed by atoms with E-state index in [2.05, 4.69) is 4.98 Å². The molecule has 0 N–H and O–H groups in total. The van der Waals surface area contributed by atoms with E-state index in [1.165, 1.54) is 22.2 Å². The molecule has 1 atom stereocenters. The van der Waals surface area contributed by atoms with Gasteiger partial charge in [-0.1, -0.05) is 53.5 Å². The Morgan fingerprint density at radius 3 is 2.63 bits per heavy atom. The van der Waals surface area contributed by atoms with Gasteiger partial charge in [0.15, 0.2) is 0 Å². The number of nitrogens with zero attached hydrogens (tertiary/aromatic N) is 2. The van der Waals surface area contributed by atoms with Gasteiger partial charge in [-0.05, 0) is 30.7 Å². The minimum absolute atomic E-state index is 0.0295. The fourth-order valence-corrected chi connectivity index (χ4v) is 4.28. The van der Waals surface area contributed by atoms with Crippen LogP contribution in [0.2, 0.25) is 10.0 Å². The average Bonchev–Trinajstić information content (AvgIpc) is 3.18. The number of aromatic nitrogens is 2. The molecule has 152 valence electrons. The summed E-state index contributed by atoms with van der Waals surface area (Å²) in [5.74, 6) is -0.540. The van der Waals surface area contributed by atoms with E-state index in [1.807, 2.05) is 23.6 Å². The van der Waals surface area contributed by atoms with E-state index in [4.69, 9.17) is 27.9 Å². The highest BCUT2D eigenvalue weighted by molar-refractivity contribution is 7.17. The van der Waals surface area contributed by atoms with Gasteiger partial charge in [-0.2, -0.15) is 0 Å². The number of esters is 1. The minimum atomic E-state index is -0.838. The van der Waals surface area contributed by atoms with Crippen LogP contribution in [0.15, 0.2) is 65.0 Å². The zero-order valence-corrected chi connectivity index (χ0v) is 18.2. The summed E-state index contributed by atoms with van der Waals surface area (Å²) in [5, 5.41) is 3.48. The molecule has 0 radical (unpaired) electrons. The van der Waals surface area contributed by atoms with E-state index in [-0.39, 0.29) is 12.2 Å². The highest BCUT2D eigenvalue weighted by Crippen LogP contribution is 2.31. The largest absolute Gasteiger partial charge is 0.459 e. The molecule has 5 nitrogen and oxygen atoms in total. The quantitative estimate of drug-likeness (QED) is 0.358. The first-order chi connectivity index (χ1) is 14.5. The molecule has 2 heterocycles. The van der Waals surface area contributed by atoms with E-state index < -0.39 is 12.0 Å². The third-order valence-corrected chi connectivity index (χ3v) is 6.27. The highest BCUT2D eigenvalue weighted by atomic mass is 35.5. The van der Waals surface area contributed by atoms with Crippen molar-refractivity contribution in [3.63, 3.8) is 0 Å². The second-order valence-electron chi connectivity index (χ2n) is 6.67. The Labute approximate surface area is 186 Å². The van der Waals surface area contributed by atoms with Crippen LogP contribution in [-0.2, 0) is 16.1 Å². The molecule has 8 heteroatoms. The summed E-state index contributed by atoms with van der Waals surface area (Å²) in [4.78, 5) is 30.8. The summed E-state index contributed by atoms with van der Waals surface area (Å²) in [7, 11) is 0. The number of carbonyl (C=O) groups is 1. The lowest BCUT2D eigenvalue weighted by atomic mass is 10.1. The Bertz CT molecular complexity index is 1280. The Morgan fingerprint density at radius 1 is 1.17 bits per heavy atom. The van der Waals surface area contributed by atoms with Gasteiger partial charge in [0, 0.05) is 26.6 Å². The fourth-order valence-electron chi connectivity index (χ4n) is 3.06. The number of rotatable bonds is 5. The molecular weight excluding hydrogens is 443 g/mol. The van der Waals surface area contributed by atoms with Gasteiger partial charge in [0.05, 0.1) is 11.7 Å². The minimum Gasteiger partial charge on any atom is -0.459 e. The van der Waals surface area contributed by atoms with Crippen LogP contribution in [0, 0.1) is 0 Å². The molecule has 0 aliphatic heterocycles. The summed E-state index contributed by atoms with van der Waals surface area (Å²) >= 11 is 13.5. The zero-order chi connectivity index (χ0) is 21.3. The molecule has 0 aliphatic carbocycles. The van der Waals surface area contributed by atoms with Gasteiger partial charge < -0.3 is 4.74 Å². The van der Waals surface area contributed by atoms with Crippen LogP contribution in [0.1, 0.15) is 18.5 Å². The number of fused-ring (bicyclic) bond motifs is 1. The first-order valence-corrected chi connectivity index (χ1v) is 10.7. The van der Waals surface area contributed by atoms with E-state index in [0.29, 0.717) is 25.8 Å². The van der Waals surface area contributed by atoms with Crippen molar-refractivity contribution in [2.75, 3.05) is 0 Å². The predicted molar refractivity (Wildman–Crippen MR) is 120 cm³/mol. The normalized spacial score (nSPS) is 12.1. The summed E-state index contributed by atoms with van der Waals surface area (Å²) in [5.41, 5.74) is 2.02. The van der Waals surface area contributed by atoms with Crippen LogP contribution in [0.25, 0.3) is 21.3 Å². The summed E-state index contributed by atoms with van der Waals surface area (Å²) < 4.78 is 6.67. The van der Waals surface area contributed by atoms with E-state index in [9.17, 15) is 9.59 Å². The average molecular weight is 459 g/mol. The van der Waals surface area contributed by atoms with Crippen LogP contribution in [0.5, 0.6) is 0 Å². The number of ether oxygens (including phenoxy) is 1. The molecule has 4 aromatic rings. The summed E-state index contributed by atoms with van der Waals surface area (Å²) in [6.07, 6.45) is 1.38. The van der Waals surface area contributed by atoms with Crippen LogP contribution in [0.4, 0.5) is 0 Å². The second kappa shape index (κ2) is 8.60.